The molecular formula is C15H11ClN4O2. The largest absolute Gasteiger partial charge is 0.444 e. The number of carbonyl (C=O) groups is 1. The number of ether oxygens (including phenoxy) is 1. The third-order valence-electron chi connectivity index (χ3n) is 2.89. The van der Waals surface area contributed by atoms with Crippen LogP contribution >= 0.6 is 11.6 Å². The third-order valence-corrected chi connectivity index (χ3v) is 3.19. The van der Waals surface area contributed by atoms with Gasteiger partial charge in [-0.25, -0.2) is 19.7 Å². The molecule has 0 atom stereocenters. The van der Waals surface area contributed by atoms with Crippen LogP contribution in [0, 0.1) is 0 Å². The van der Waals surface area contributed by atoms with Gasteiger partial charge in [0.25, 0.3) is 0 Å². The van der Waals surface area contributed by atoms with Crippen LogP contribution in [0.5, 0.6) is 0 Å². The number of benzene rings is 1. The van der Waals surface area contributed by atoms with Crippen LogP contribution in [-0.4, -0.2) is 21.0 Å². The van der Waals surface area contributed by atoms with Crippen molar-refractivity contribution in [1.82, 2.24) is 15.0 Å². The van der Waals surface area contributed by atoms with E-state index in [1.165, 1.54) is 6.33 Å². The molecule has 1 aromatic carbocycles. The van der Waals surface area contributed by atoms with Crippen LogP contribution in [0.15, 0.2) is 48.8 Å². The zero-order chi connectivity index (χ0) is 15.4. The lowest BCUT2D eigenvalue weighted by Gasteiger charge is -2.07. The Labute approximate surface area is 131 Å². The third kappa shape index (κ3) is 3.29. The second-order valence-electron chi connectivity index (χ2n) is 4.42. The van der Waals surface area contributed by atoms with Crippen LogP contribution in [-0.2, 0) is 11.3 Å². The highest BCUT2D eigenvalue weighted by molar-refractivity contribution is 6.33. The number of hydrogen-bond acceptors (Lipinski definition) is 5. The fourth-order valence-electron chi connectivity index (χ4n) is 1.84. The van der Waals surface area contributed by atoms with E-state index in [0.29, 0.717) is 22.0 Å². The summed E-state index contributed by atoms with van der Waals surface area (Å²) in [6.07, 6.45) is 0.727. The fourth-order valence-corrected chi connectivity index (χ4v) is 2.04. The van der Waals surface area contributed by atoms with Gasteiger partial charge in [-0.15, -0.1) is 0 Å². The van der Waals surface area contributed by atoms with E-state index in [0.717, 1.165) is 5.56 Å². The molecule has 0 saturated heterocycles. The zero-order valence-corrected chi connectivity index (χ0v) is 12.1. The number of aromatic nitrogens is 3. The number of nitrogens with one attached hydrogen (secondary N) is 1. The van der Waals surface area contributed by atoms with Crippen LogP contribution in [0.25, 0.3) is 11.0 Å². The minimum absolute atomic E-state index is 0.189. The quantitative estimate of drug-likeness (QED) is 0.749. The normalized spacial score (nSPS) is 10.4. The number of hydrogen-bond donors (Lipinski definition) is 1. The van der Waals surface area contributed by atoms with Crippen molar-refractivity contribution in [2.75, 3.05) is 5.32 Å². The standard InChI is InChI=1S/C15H11ClN4O2/c16-13-11-6-7-12(19-14(11)18-9-17-13)20-15(21)22-8-10-4-2-1-3-5-10/h1-7,9H,8H2,(H,17,18,19,20,21). The van der Waals surface area contributed by atoms with Crippen molar-refractivity contribution in [1.29, 1.82) is 0 Å². The Bertz CT molecular complexity index is 811. The number of amides is 1. The smallest absolute Gasteiger partial charge is 0.413 e. The maximum atomic E-state index is 11.8. The lowest BCUT2D eigenvalue weighted by atomic mass is 10.2. The molecule has 22 heavy (non-hydrogen) atoms. The van der Waals surface area contributed by atoms with Crippen LogP contribution < -0.4 is 5.32 Å². The van der Waals surface area contributed by atoms with Gasteiger partial charge in [0.2, 0.25) is 0 Å². The number of carbonyl (C=O) groups excluding carboxylic acids is 1. The Morgan fingerprint density at radius 3 is 2.77 bits per heavy atom. The first-order valence-corrected chi connectivity index (χ1v) is 6.85. The number of rotatable bonds is 3. The molecule has 0 aliphatic heterocycles. The van der Waals surface area contributed by atoms with Gasteiger partial charge in [0.1, 0.15) is 23.9 Å². The number of halogens is 1. The number of pyridine rings is 1. The van der Waals surface area contributed by atoms with Gasteiger partial charge in [-0.05, 0) is 17.7 Å². The van der Waals surface area contributed by atoms with Crippen molar-refractivity contribution in [2.24, 2.45) is 0 Å². The lowest BCUT2D eigenvalue weighted by molar-refractivity contribution is 0.155. The molecule has 6 nitrogen and oxygen atoms in total. The van der Waals surface area contributed by atoms with Gasteiger partial charge in [0.15, 0.2) is 5.65 Å². The SMILES string of the molecule is O=C(Nc1ccc2c(Cl)ncnc2n1)OCc1ccccc1. The van der Waals surface area contributed by atoms with Crippen LogP contribution in [0.2, 0.25) is 5.15 Å². The second kappa shape index (κ2) is 6.36. The summed E-state index contributed by atoms with van der Waals surface area (Å²) in [6.45, 7) is 0.189. The summed E-state index contributed by atoms with van der Waals surface area (Å²) in [7, 11) is 0. The minimum Gasteiger partial charge on any atom is -0.444 e. The Morgan fingerprint density at radius 1 is 1.14 bits per heavy atom. The van der Waals surface area contributed by atoms with Gasteiger partial charge in [-0.1, -0.05) is 41.9 Å². The monoisotopic (exact) mass is 314 g/mol. The topological polar surface area (TPSA) is 77.0 Å². The average Bonchev–Trinajstić information content (AvgIpc) is 2.54. The van der Waals surface area contributed by atoms with Gasteiger partial charge in [-0.2, -0.15) is 0 Å². The summed E-state index contributed by atoms with van der Waals surface area (Å²) in [6, 6.07) is 12.7. The number of nitrogens with zero attached hydrogens (tertiary/aromatic N) is 3. The van der Waals surface area contributed by atoms with Gasteiger partial charge in [0, 0.05) is 0 Å². The molecule has 7 heteroatoms. The Kier molecular flexibility index (Phi) is 4.11. The highest BCUT2D eigenvalue weighted by Crippen LogP contribution is 2.19. The van der Waals surface area contributed by atoms with E-state index >= 15 is 0 Å². The molecule has 110 valence electrons. The average molecular weight is 315 g/mol. The van der Waals surface area contributed by atoms with Gasteiger partial charge in [0.05, 0.1) is 5.39 Å². The van der Waals surface area contributed by atoms with E-state index in [-0.39, 0.29) is 6.61 Å². The molecule has 3 aromatic rings. The minimum atomic E-state index is -0.587. The molecule has 0 radical (unpaired) electrons. The summed E-state index contributed by atoms with van der Waals surface area (Å²) in [4.78, 5) is 23.8. The first-order chi connectivity index (χ1) is 10.7. The number of fused-ring (bicyclic) bond motifs is 1. The van der Waals surface area contributed by atoms with Gasteiger partial charge in [-0.3, -0.25) is 5.32 Å². The van der Waals surface area contributed by atoms with E-state index in [1.54, 1.807) is 12.1 Å². The summed E-state index contributed by atoms with van der Waals surface area (Å²) in [5, 5.41) is 3.48. The van der Waals surface area contributed by atoms with Crippen LogP contribution in [0.4, 0.5) is 10.6 Å². The Hall–Kier alpha value is -2.73. The molecule has 0 bridgehead atoms. The second-order valence-corrected chi connectivity index (χ2v) is 4.78. The molecule has 0 spiro atoms. The van der Waals surface area contributed by atoms with Crippen molar-refractivity contribution in [2.45, 2.75) is 6.61 Å². The number of anilines is 1. The molecule has 1 N–H and O–H groups in total. The van der Waals surface area contributed by atoms with E-state index in [9.17, 15) is 4.79 Å². The van der Waals surface area contributed by atoms with Crippen molar-refractivity contribution < 1.29 is 9.53 Å². The van der Waals surface area contributed by atoms with Gasteiger partial charge >= 0.3 is 6.09 Å². The molecule has 0 unspecified atom stereocenters. The lowest BCUT2D eigenvalue weighted by Crippen LogP contribution is -2.14. The summed E-state index contributed by atoms with van der Waals surface area (Å²) < 4.78 is 5.12. The maximum Gasteiger partial charge on any atom is 0.413 e. The fraction of sp³-hybridized carbons (Fsp3) is 0.0667. The molecule has 0 aliphatic rings. The van der Waals surface area contributed by atoms with Crippen molar-refractivity contribution >= 4 is 34.5 Å². The van der Waals surface area contributed by atoms with E-state index in [4.69, 9.17) is 16.3 Å². The zero-order valence-electron chi connectivity index (χ0n) is 11.4. The predicted molar refractivity (Wildman–Crippen MR) is 82.6 cm³/mol. The van der Waals surface area contributed by atoms with Crippen LogP contribution in [0.1, 0.15) is 5.56 Å². The van der Waals surface area contributed by atoms with Crippen molar-refractivity contribution in [3.63, 3.8) is 0 Å². The highest BCUT2D eigenvalue weighted by Gasteiger charge is 2.08. The highest BCUT2D eigenvalue weighted by atomic mass is 35.5. The first-order valence-electron chi connectivity index (χ1n) is 6.47. The molecule has 2 aromatic heterocycles. The van der Waals surface area contributed by atoms with Crippen molar-refractivity contribution in [3.05, 3.63) is 59.5 Å². The van der Waals surface area contributed by atoms with E-state index in [1.807, 2.05) is 30.3 Å². The Balaban J connectivity index is 1.66. The van der Waals surface area contributed by atoms with E-state index < -0.39 is 6.09 Å². The molecule has 1 amide bonds. The molecule has 0 fully saturated rings. The Morgan fingerprint density at radius 2 is 1.95 bits per heavy atom. The van der Waals surface area contributed by atoms with Crippen molar-refractivity contribution in [3.8, 4) is 0 Å². The molecular weight excluding hydrogens is 304 g/mol. The summed E-state index contributed by atoms with van der Waals surface area (Å²) in [5.41, 5.74) is 1.31. The maximum absolute atomic E-state index is 11.8. The summed E-state index contributed by atoms with van der Waals surface area (Å²) in [5.74, 6) is 0.334. The molecule has 2 heterocycles. The first kappa shape index (κ1) is 14.2. The molecule has 0 saturated carbocycles. The van der Waals surface area contributed by atoms with Gasteiger partial charge < -0.3 is 4.74 Å². The molecule has 3 rings (SSSR count). The molecule has 0 aliphatic carbocycles. The predicted octanol–water partition coefficient (Wildman–Crippen LogP) is 3.43. The van der Waals surface area contributed by atoms with Crippen LogP contribution in [0.3, 0.4) is 0 Å². The van der Waals surface area contributed by atoms with E-state index in [2.05, 4.69) is 20.3 Å². The summed E-state index contributed by atoms with van der Waals surface area (Å²) >= 11 is 5.93.